The number of rotatable bonds is 4. The van der Waals surface area contributed by atoms with Gasteiger partial charge in [0.05, 0.1) is 0 Å². The van der Waals surface area contributed by atoms with Gasteiger partial charge >= 0.3 is 11.9 Å². The molecule has 22 heavy (non-hydrogen) atoms. The Labute approximate surface area is 155 Å². The van der Waals surface area contributed by atoms with Crippen molar-refractivity contribution in [3.63, 3.8) is 0 Å². The Kier molecular flexibility index (Phi) is 7.30. The second-order valence-corrected chi connectivity index (χ2v) is 8.82. The van der Waals surface area contributed by atoms with Crippen molar-refractivity contribution in [2.24, 2.45) is 0 Å². The number of hydrogen-bond acceptors (Lipinski definition) is 5. The van der Waals surface area contributed by atoms with E-state index >= 15 is 0 Å². The standard InChI is InChI=1S/C11H7Cl6NO4/c12-10(13,14)4-21-8(19)6-2-1-3-7(18-6)9(20)22-5-11(15,16)17/h1-3H,4-5H2. The summed E-state index contributed by atoms with van der Waals surface area (Å²) in [5.74, 6) is -1.75. The number of esters is 2. The monoisotopic (exact) mass is 427 g/mol. The van der Waals surface area contributed by atoms with Crippen LogP contribution in [0.15, 0.2) is 18.2 Å². The van der Waals surface area contributed by atoms with E-state index in [1.807, 2.05) is 0 Å². The number of nitrogens with zero attached hydrogens (tertiary/aromatic N) is 1. The van der Waals surface area contributed by atoms with Crippen LogP contribution in [-0.4, -0.2) is 37.7 Å². The first-order valence-corrected chi connectivity index (χ1v) is 7.69. The number of aromatic nitrogens is 1. The van der Waals surface area contributed by atoms with Crippen molar-refractivity contribution in [2.75, 3.05) is 13.2 Å². The fourth-order valence-corrected chi connectivity index (χ4v) is 1.43. The van der Waals surface area contributed by atoms with Crippen LogP contribution in [0, 0.1) is 0 Å². The second-order valence-electron chi connectivity index (χ2n) is 3.79. The Bertz CT molecular complexity index is 509. The molecule has 1 heterocycles. The Hall–Kier alpha value is -0.170. The van der Waals surface area contributed by atoms with Crippen LogP contribution < -0.4 is 0 Å². The van der Waals surface area contributed by atoms with Crippen LogP contribution in [0.4, 0.5) is 0 Å². The smallest absolute Gasteiger partial charge is 0.357 e. The molecule has 0 aliphatic heterocycles. The largest absolute Gasteiger partial charge is 0.456 e. The SMILES string of the molecule is O=C(OCC(Cl)(Cl)Cl)c1cccc(C(=O)OCC(Cl)(Cl)Cl)n1. The molecule has 0 saturated carbocycles. The van der Waals surface area contributed by atoms with Gasteiger partial charge in [0.2, 0.25) is 7.59 Å². The minimum atomic E-state index is -1.75. The molecule has 122 valence electrons. The van der Waals surface area contributed by atoms with Crippen molar-refractivity contribution in [2.45, 2.75) is 7.59 Å². The zero-order chi connectivity index (χ0) is 17.0. The van der Waals surface area contributed by atoms with Crippen molar-refractivity contribution in [3.8, 4) is 0 Å². The lowest BCUT2D eigenvalue weighted by molar-refractivity contribution is 0.0496. The summed E-state index contributed by atoms with van der Waals surface area (Å²) in [5.41, 5.74) is -0.338. The molecule has 0 radical (unpaired) electrons. The second kappa shape index (κ2) is 8.08. The molecular formula is C11H7Cl6NO4. The topological polar surface area (TPSA) is 65.5 Å². The normalized spacial score (nSPS) is 11.9. The van der Waals surface area contributed by atoms with Crippen LogP contribution in [0.5, 0.6) is 0 Å². The quantitative estimate of drug-likeness (QED) is 0.531. The van der Waals surface area contributed by atoms with Crippen LogP contribution in [-0.2, 0) is 9.47 Å². The van der Waals surface area contributed by atoms with Crippen LogP contribution >= 0.6 is 69.6 Å². The summed E-state index contributed by atoms with van der Waals surface area (Å²) in [6, 6.07) is 4.02. The molecule has 0 spiro atoms. The van der Waals surface area contributed by atoms with Gasteiger partial charge in [-0.3, -0.25) is 0 Å². The van der Waals surface area contributed by atoms with Gasteiger partial charge in [-0.15, -0.1) is 0 Å². The Morgan fingerprint density at radius 1 is 0.864 bits per heavy atom. The Morgan fingerprint density at radius 2 is 1.23 bits per heavy atom. The molecule has 0 aliphatic rings. The van der Waals surface area contributed by atoms with Crippen molar-refractivity contribution >= 4 is 81.5 Å². The number of carbonyl (C=O) groups excluding carboxylic acids is 2. The van der Waals surface area contributed by atoms with Crippen LogP contribution in [0.3, 0.4) is 0 Å². The van der Waals surface area contributed by atoms with Crippen LogP contribution in [0.25, 0.3) is 0 Å². The van der Waals surface area contributed by atoms with Crippen molar-refractivity contribution in [1.82, 2.24) is 4.98 Å². The van der Waals surface area contributed by atoms with E-state index in [0.29, 0.717) is 0 Å². The summed E-state index contributed by atoms with van der Waals surface area (Å²) in [7, 11) is 0. The average molecular weight is 430 g/mol. The first-order chi connectivity index (χ1) is 9.98. The van der Waals surface area contributed by atoms with E-state index in [0.717, 1.165) is 0 Å². The molecule has 1 rings (SSSR count). The van der Waals surface area contributed by atoms with Crippen molar-refractivity contribution < 1.29 is 19.1 Å². The van der Waals surface area contributed by atoms with Gasteiger partial charge in [0.25, 0.3) is 0 Å². The lowest BCUT2D eigenvalue weighted by Gasteiger charge is -2.12. The molecule has 0 unspecified atom stereocenters. The number of hydrogen-bond donors (Lipinski definition) is 0. The summed E-state index contributed by atoms with van der Waals surface area (Å²) in [4.78, 5) is 27.2. The van der Waals surface area contributed by atoms with E-state index in [2.05, 4.69) is 4.98 Å². The molecule has 0 aliphatic carbocycles. The van der Waals surface area contributed by atoms with Gasteiger partial charge < -0.3 is 9.47 Å². The zero-order valence-electron chi connectivity index (χ0n) is 10.5. The summed E-state index contributed by atoms with van der Waals surface area (Å²) in [6.07, 6.45) is 0. The first kappa shape index (κ1) is 19.9. The molecule has 0 N–H and O–H groups in total. The van der Waals surface area contributed by atoms with Crippen molar-refractivity contribution in [3.05, 3.63) is 29.6 Å². The lowest BCUT2D eigenvalue weighted by Crippen LogP contribution is -2.20. The lowest BCUT2D eigenvalue weighted by atomic mass is 10.3. The molecule has 0 bridgehead atoms. The predicted octanol–water partition coefficient (Wildman–Crippen LogP) is 4.14. The highest BCUT2D eigenvalue weighted by Crippen LogP contribution is 2.27. The van der Waals surface area contributed by atoms with Gasteiger partial charge in [-0.05, 0) is 12.1 Å². The van der Waals surface area contributed by atoms with E-state index < -0.39 is 32.7 Å². The van der Waals surface area contributed by atoms with Gasteiger partial charge in [-0.1, -0.05) is 75.7 Å². The maximum Gasteiger partial charge on any atom is 0.357 e. The minimum Gasteiger partial charge on any atom is -0.456 e. The van der Waals surface area contributed by atoms with Gasteiger partial charge in [-0.25, -0.2) is 14.6 Å². The summed E-state index contributed by atoms with van der Waals surface area (Å²) < 4.78 is 5.95. The minimum absolute atomic E-state index is 0.169. The highest BCUT2D eigenvalue weighted by molar-refractivity contribution is 6.68. The van der Waals surface area contributed by atoms with E-state index in [9.17, 15) is 9.59 Å². The molecule has 1 aromatic rings. The fourth-order valence-electron chi connectivity index (χ4n) is 1.10. The van der Waals surface area contributed by atoms with Gasteiger partial charge in [0, 0.05) is 0 Å². The van der Waals surface area contributed by atoms with Crippen LogP contribution in [0.1, 0.15) is 21.0 Å². The molecule has 0 amide bonds. The van der Waals surface area contributed by atoms with Gasteiger partial charge in [-0.2, -0.15) is 0 Å². The zero-order valence-corrected chi connectivity index (χ0v) is 15.0. The maximum absolute atomic E-state index is 11.7. The highest BCUT2D eigenvalue weighted by atomic mass is 35.6. The van der Waals surface area contributed by atoms with Crippen molar-refractivity contribution in [1.29, 1.82) is 0 Å². The third kappa shape index (κ3) is 7.90. The molecule has 0 fully saturated rings. The third-order valence-electron chi connectivity index (χ3n) is 1.90. The fraction of sp³-hybridized carbons (Fsp3) is 0.364. The first-order valence-electron chi connectivity index (χ1n) is 5.43. The van der Waals surface area contributed by atoms with E-state index in [1.165, 1.54) is 18.2 Å². The number of pyridine rings is 1. The number of halogens is 6. The van der Waals surface area contributed by atoms with E-state index in [1.54, 1.807) is 0 Å². The molecule has 5 nitrogen and oxygen atoms in total. The molecule has 11 heteroatoms. The average Bonchev–Trinajstić information content (AvgIpc) is 2.40. The van der Waals surface area contributed by atoms with E-state index in [-0.39, 0.29) is 11.4 Å². The van der Waals surface area contributed by atoms with Gasteiger partial charge in [0.1, 0.15) is 24.6 Å². The molecular weight excluding hydrogens is 423 g/mol. The predicted molar refractivity (Wildman–Crippen MR) is 85.4 cm³/mol. The number of ether oxygens (including phenoxy) is 2. The van der Waals surface area contributed by atoms with Crippen LogP contribution in [0.2, 0.25) is 0 Å². The highest BCUT2D eigenvalue weighted by Gasteiger charge is 2.25. The molecule has 0 saturated heterocycles. The molecule has 0 aromatic carbocycles. The maximum atomic E-state index is 11.7. The summed E-state index contributed by atoms with van der Waals surface area (Å²) >= 11 is 32.7. The van der Waals surface area contributed by atoms with Gasteiger partial charge in [0.15, 0.2) is 0 Å². The molecule has 1 aromatic heterocycles. The summed E-state index contributed by atoms with van der Waals surface area (Å²) in [6.45, 7) is -0.944. The third-order valence-corrected chi connectivity index (χ3v) is 2.56. The number of carbonyl (C=O) groups is 2. The van der Waals surface area contributed by atoms with E-state index in [4.69, 9.17) is 79.1 Å². The summed E-state index contributed by atoms with van der Waals surface area (Å²) in [5, 5.41) is 0. The Balaban J connectivity index is 2.73. The Morgan fingerprint density at radius 3 is 1.55 bits per heavy atom. The number of alkyl halides is 6. The molecule has 0 atom stereocenters.